The van der Waals surface area contributed by atoms with E-state index in [1.807, 2.05) is 25.1 Å². The van der Waals surface area contributed by atoms with Gasteiger partial charge in [-0.05, 0) is 67.1 Å². The summed E-state index contributed by atoms with van der Waals surface area (Å²) in [6.45, 7) is 1.97. The molecule has 0 fully saturated rings. The van der Waals surface area contributed by atoms with Crippen molar-refractivity contribution in [2.24, 2.45) is 0 Å². The molecule has 4 aromatic rings. The van der Waals surface area contributed by atoms with Gasteiger partial charge in [0.1, 0.15) is 11.4 Å². The average Bonchev–Trinajstić information content (AvgIpc) is 3.31. The summed E-state index contributed by atoms with van der Waals surface area (Å²) < 4.78 is 7.00. The zero-order chi connectivity index (χ0) is 23.4. The van der Waals surface area contributed by atoms with Gasteiger partial charge in [0.15, 0.2) is 5.69 Å². The van der Waals surface area contributed by atoms with Gasteiger partial charge in [-0.3, -0.25) is 9.59 Å². The number of nitrogens with one attached hydrogen (secondary N) is 2. The molecule has 0 aliphatic carbocycles. The molecule has 0 bridgehead atoms. The van der Waals surface area contributed by atoms with Crippen LogP contribution >= 0.6 is 11.6 Å². The molecule has 4 rings (SSSR count). The number of aryl methyl sites for hydroxylation is 1. The lowest BCUT2D eigenvalue weighted by molar-refractivity contribution is 0.101. The zero-order valence-corrected chi connectivity index (χ0v) is 18.8. The first-order valence-electron chi connectivity index (χ1n) is 10.1. The number of carbonyl (C=O) groups is 2. The lowest BCUT2D eigenvalue weighted by Gasteiger charge is -2.12. The molecule has 1 heterocycles. The number of anilines is 2. The average molecular weight is 461 g/mol. The van der Waals surface area contributed by atoms with Crippen LogP contribution in [0.2, 0.25) is 5.02 Å². The van der Waals surface area contributed by atoms with E-state index >= 15 is 0 Å². The second-order valence-corrected chi connectivity index (χ2v) is 7.72. The molecule has 0 saturated heterocycles. The summed E-state index contributed by atoms with van der Waals surface area (Å²) >= 11 is 5.89. The molecule has 1 aromatic heterocycles. The summed E-state index contributed by atoms with van der Waals surface area (Å²) in [6, 6.07) is 20.8. The van der Waals surface area contributed by atoms with E-state index in [9.17, 15) is 9.59 Å². The molecule has 3 aromatic carbocycles. The molecule has 0 unspecified atom stereocenters. The lowest BCUT2D eigenvalue weighted by Crippen LogP contribution is -2.17. The van der Waals surface area contributed by atoms with E-state index in [1.54, 1.807) is 72.6 Å². The van der Waals surface area contributed by atoms with E-state index in [0.717, 1.165) is 11.3 Å². The van der Waals surface area contributed by atoms with Crippen molar-refractivity contribution in [2.75, 3.05) is 17.7 Å². The minimum absolute atomic E-state index is 0.220. The van der Waals surface area contributed by atoms with Gasteiger partial charge in [-0.1, -0.05) is 29.8 Å². The van der Waals surface area contributed by atoms with Crippen molar-refractivity contribution < 1.29 is 14.3 Å². The summed E-state index contributed by atoms with van der Waals surface area (Å²) in [5.41, 5.74) is 3.35. The Morgan fingerprint density at radius 3 is 2.24 bits per heavy atom. The van der Waals surface area contributed by atoms with Crippen molar-refractivity contribution >= 4 is 34.8 Å². The predicted octanol–water partition coefficient (Wildman–Crippen LogP) is 5.35. The lowest BCUT2D eigenvalue weighted by atomic mass is 10.2. The fourth-order valence-corrected chi connectivity index (χ4v) is 3.37. The summed E-state index contributed by atoms with van der Waals surface area (Å²) in [7, 11) is 1.58. The molecule has 166 valence electrons. The fraction of sp³-hybridized carbons (Fsp3) is 0.0800. The predicted molar refractivity (Wildman–Crippen MR) is 129 cm³/mol. The van der Waals surface area contributed by atoms with E-state index in [2.05, 4.69) is 15.7 Å². The van der Waals surface area contributed by atoms with Gasteiger partial charge < -0.3 is 15.4 Å². The van der Waals surface area contributed by atoms with Crippen LogP contribution in [-0.4, -0.2) is 28.7 Å². The van der Waals surface area contributed by atoms with Gasteiger partial charge in [-0.15, -0.1) is 0 Å². The van der Waals surface area contributed by atoms with Crippen LogP contribution in [0.1, 0.15) is 26.4 Å². The highest BCUT2D eigenvalue weighted by molar-refractivity contribution is 6.30. The van der Waals surface area contributed by atoms with E-state index in [-0.39, 0.29) is 11.6 Å². The largest absolute Gasteiger partial charge is 0.494 e. The highest BCUT2D eigenvalue weighted by atomic mass is 35.5. The summed E-state index contributed by atoms with van der Waals surface area (Å²) in [5, 5.41) is 10.6. The Hall–Kier alpha value is -4.10. The van der Waals surface area contributed by atoms with Crippen LogP contribution in [-0.2, 0) is 0 Å². The minimum Gasteiger partial charge on any atom is -0.494 e. The van der Waals surface area contributed by atoms with Crippen LogP contribution in [0.15, 0.2) is 79.0 Å². The minimum atomic E-state index is -0.409. The number of aromatic nitrogens is 2. The first-order valence-corrected chi connectivity index (χ1v) is 10.5. The Bertz CT molecular complexity index is 1320. The van der Waals surface area contributed by atoms with Crippen LogP contribution in [0.5, 0.6) is 5.75 Å². The summed E-state index contributed by atoms with van der Waals surface area (Å²) in [5.74, 6) is -0.0799. The quantitative estimate of drug-likeness (QED) is 0.406. The molecule has 0 radical (unpaired) electrons. The number of nitrogens with zero attached hydrogens (tertiary/aromatic N) is 2. The maximum atomic E-state index is 12.9. The Morgan fingerprint density at radius 2 is 1.58 bits per heavy atom. The molecule has 2 amide bonds. The smallest absolute Gasteiger partial charge is 0.276 e. The number of benzene rings is 3. The topological polar surface area (TPSA) is 85.2 Å². The SMILES string of the molecule is COc1ccc(C)cc1-n1ccc(C(=O)Nc2ccccc2NC(=O)c2ccc(Cl)cc2)n1. The Labute approximate surface area is 196 Å². The molecule has 0 aliphatic rings. The van der Waals surface area contributed by atoms with Crippen LogP contribution in [0.3, 0.4) is 0 Å². The molecule has 0 aliphatic heterocycles. The maximum Gasteiger partial charge on any atom is 0.276 e. The molecule has 0 atom stereocenters. The van der Waals surface area contributed by atoms with Crippen LogP contribution in [0, 0.1) is 6.92 Å². The summed E-state index contributed by atoms with van der Waals surface area (Å²) in [4.78, 5) is 25.5. The number of rotatable bonds is 6. The molecular formula is C25H21ClN4O3. The molecule has 0 saturated carbocycles. The molecule has 33 heavy (non-hydrogen) atoms. The number of hydrogen-bond donors (Lipinski definition) is 2. The van der Waals surface area contributed by atoms with Crippen molar-refractivity contribution in [3.63, 3.8) is 0 Å². The van der Waals surface area contributed by atoms with Crippen molar-refractivity contribution in [2.45, 2.75) is 6.92 Å². The molecule has 7 nitrogen and oxygen atoms in total. The second-order valence-electron chi connectivity index (χ2n) is 7.28. The number of hydrogen-bond acceptors (Lipinski definition) is 4. The first-order chi connectivity index (χ1) is 15.9. The number of para-hydroxylation sites is 2. The van der Waals surface area contributed by atoms with Gasteiger partial charge in [0.25, 0.3) is 11.8 Å². The van der Waals surface area contributed by atoms with Crippen LogP contribution in [0.25, 0.3) is 5.69 Å². The number of carbonyl (C=O) groups excluding carboxylic acids is 2. The van der Waals surface area contributed by atoms with Gasteiger partial charge in [-0.2, -0.15) is 5.10 Å². The van der Waals surface area contributed by atoms with Gasteiger partial charge in [0.05, 0.1) is 18.5 Å². The normalized spacial score (nSPS) is 10.5. The number of methoxy groups -OCH3 is 1. The second kappa shape index (κ2) is 9.58. The number of halogens is 1. The molecular weight excluding hydrogens is 440 g/mol. The van der Waals surface area contributed by atoms with Gasteiger partial charge in [0.2, 0.25) is 0 Å². The molecule has 8 heteroatoms. The van der Waals surface area contributed by atoms with Crippen LogP contribution in [0.4, 0.5) is 11.4 Å². The van der Waals surface area contributed by atoms with Crippen molar-refractivity contribution in [1.29, 1.82) is 0 Å². The van der Waals surface area contributed by atoms with Gasteiger partial charge in [-0.25, -0.2) is 4.68 Å². The van der Waals surface area contributed by atoms with Crippen molar-refractivity contribution in [3.05, 3.63) is 101 Å². The third-order valence-corrected chi connectivity index (χ3v) is 5.18. The van der Waals surface area contributed by atoms with Gasteiger partial charge in [0, 0.05) is 16.8 Å². The summed E-state index contributed by atoms with van der Waals surface area (Å²) in [6.07, 6.45) is 1.69. The Morgan fingerprint density at radius 1 is 0.909 bits per heavy atom. The van der Waals surface area contributed by atoms with Crippen LogP contribution < -0.4 is 15.4 Å². The molecule has 0 spiro atoms. The van der Waals surface area contributed by atoms with Gasteiger partial charge >= 0.3 is 0 Å². The number of ether oxygens (including phenoxy) is 1. The monoisotopic (exact) mass is 460 g/mol. The number of amides is 2. The van der Waals surface area contributed by atoms with E-state index in [4.69, 9.17) is 16.3 Å². The third kappa shape index (κ3) is 5.05. The first kappa shape index (κ1) is 22.1. The highest BCUT2D eigenvalue weighted by Crippen LogP contribution is 2.25. The van der Waals surface area contributed by atoms with E-state index in [1.165, 1.54) is 0 Å². The fourth-order valence-electron chi connectivity index (χ4n) is 3.24. The zero-order valence-electron chi connectivity index (χ0n) is 18.0. The maximum absolute atomic E-state index is 12.9. The van der Waals surface area contributed by atoms with Crippen molar-refractivity contribution in [1.82, 2.24) is 9.78 Å². The highest BCUT2D eigenvalue weighted by Gasteiger charge is 2.15. The van der Waals surface area contributed by atoms with E-state index in [0.29, 0.717) is 27.7 Å². The Kier molecular flexibility index (Phi) is 6.42. The Balaban J connectivity index is 1.53. The van der Waals surface area contributed by atoms with Crippen molar-refractivity contribution in [3.8, 4) is 11.4 Å². The van der Waals surface area contributed by atoms with E-state index < -0.39 is 5.91 Å². The standard InChI is InChI=1S/C25H21ClN4O3/c1-16-7-12-23(33-2)22(15-16)30-14-13-21(29-30)25(32)28-20-6-4-3-5-19(20)27-24(31)17-8-10-18(26)11-9-17/h3-15H,1-2H3,(H,27,31)(H,28,32). The molecule has 2 N–H and O–H groups in total. The third-order valence-electron chi connectivity index (χ3n) is 4.93.